The van der Waals surface area contributed by atoms with Crippen LogP contribution in [0.15, 0.2) is 53.4 Å². The van der Waals surface area contributed by atoms with Crippen molar-refractivity contribution in [1.29, 1.82) is 0 Å². The predicted octanol–water partition coefficient (Wildman–Crippen LogP) is 0.706. The quantitative estimate of drug-likeness (QED) is 0.687. The van der Waals surface area contributed by atoms with E-state index in [1.54, 1.807) is 36.4 Å². The van der Waals surface area contributed by atoms with Gasteiger partial charge in [0.15, 0.2) is 6.61 Å². The molecule has 2 N–H and O–H groups in total. The molecular formula is C20H23N3O6S. The van der Waals surface area contributed by atoms with Gasteiger partial charge in [-0.2, -0.15) is 4.31 Å². The fraction of sp³-hybridized carbons (Fsp3) is 0.300. The number of hydrogen-bond donors (Lipinski definition) is 1. The molecule has 1 heterocycles. The number of nitrogens with two attached hydrogens (primary N) is 1. The largest absolute Gasteiger partial charge is 0.497 e. The molecule has 9 nitrogen and oxygen atoms in total. The topological polar surface area (TPSA) is 119 Å². The SMILES string of the molecule is COc1ccc(C(N)=O)c(OCC(=O)N2CCN(S(=O)(=O)c3ccccc3)CC2)c1. The lowest BCUT2D eigenvalue weighted by atomic mass is 10.2. The van der Waals surface area contributed by atoms with Gasteiger partial charge in [0, 0.05) is 32.2 Å². The summed E-state index contributed by atoms with van der Waals surface area (Å²) in [6.45, 7) is 0.562. The Hall–Kier alpha value is -3.11. The number of methoxy groups -OCH3 is 1. The van der Waals surface area contributed by atoms with Gasteiger partial charge in [0.1, 0.15) is 11.5 Å². The zero-order valence-electron chi connectivity index (χ0n) is 16.5. The average molecular weight is 433 g/mol. The van der Waals surface area contributed by atoms with E-state index in [9.17, 15) is 18.0 Å². The molecule has 0 aromatic heterocycles. The molecule has 0 saturated carbocycles. The molecule has 0 bridgehead atoms. The van der Waals surface area contributed by atoms with E-state index in [4.69, 9.17) is 15.2 Å². The van der Waals surface area contributed by atoms with Gasteiger partial charge >= 0.3 is 0 Å². The summed E-state index contributed by atoms with van der Waals surface area (Å²) in [5.74, 6) is -0.382. The fourth-order valence-electron chi connectivity index (χ4n) is 3.10. The second-order valence-corrected chi connectivity index (χ2v) is 8.55. The molecule has 1 fully saturated rings. The van der Waals surface area contributed by atoms with E-state index in [0.29, 0.717) is 5.75 Å². The van der Waals surface area contributed by atoms with Crippen LogP contribution in [0.2, 0.25) is 0 Å². The maximum Gasteiger partial charge on any atom is 0.260 e. The number of carbonyl (C=O) groups excluding carboxylic acids is 2. The highest BCUT2D eigenvalue weighted by atomic mass is 32.2. The molecule has 0 unspecified atom stereocenters. The summed E-state index contributed by atoms with van der Waals surface area (Å²) in [6, 6.07) is 12.7. The lowest BCUT2D eigenvalue weighted by molar-refractivity contribution is -0.134. The number of amides is 2. The summed E-state index contributed by atoms with van der Waals surface area (Å²) < 4.78 is 37.3. The van der Waals surface area contributed by atoms with Gasteiger partial charge in [-0.3, -0.25) is 9.59 Å². The van der Waals surface area contributed by atoms with E-state index >= 15 is 0 Å². The Kier molecular flexibility index (Phi) is 6.58. The van der Waals surface area contributed by atoms with Crippen LogP contribution >= 0.6 is 0 Å². The first-order valence-electron chi connectivity index (χ1n) is 9.26. The molecule has 30 heavy (non-hydrogen) atoms. The van der Waals surface area contributed by atoms with Crippen LogP contribution in [0.4, 0.5) is 0 Å². The minimum Gasteiger partial charge on any atom is -0.497 e. The van der Waals surface area contributed by atoms with Gasteiger partial charge in [-0.25, -0.2) is 8.42 Å². The van der Waals surface area contributed by atoms with Crippen molar-refractivity contribution in [3.8, 4) is 11.5 Å². The zero-order valence-corrected chi connectivity index (χ0v) is 17.3. The Labute approximate surface area is 175 Å². The molecular weight excluding hydrogens is 410 g/mol. The van der Waals surface area contributed by atoms with Crippen LogP contribution in [-0.2, 0) is 14.8 Å². The first kappa shape index (κ1) is 21.6. The molecule has 0 atom stereocenters. The molecule has 1 aliphatic rings. The van der Waals surface area contributed by atoms with Crippen molar-refractivity contribution >= 4 is 21.8 Å². The Balaban J connectivity index is 1.60. The van der Waals surface area contributed by atoms with E-state index in [1.807, 2.05) is 0 Å². The van der Waals surface area contributed by atoms with Gasteiger partial charge in [-0.15, -0.1) is 0 Å². The third-order valence-corrected chi connectivity index (χ3v) is 6.69. The lowest BCUT2D eigenvalue weighted by Gasteiger charge is -2.34. The van der Waals surface area contributed by atoms with Crippen LogP contribution in [0, 0.1) is 0 Å². The fourth-order valence-corrected chi connectivity index (χ4v) is 4.55. The number of ether oxygens (including phenoxy) is 2. The molecule has 0 radical (unpaired) electrons. The highest BCUT2D eigenvalue weighted by Crippen LogP contribution is 2.25. The summed E-state index contributed by atoms with van der Waals surface area (Å²) in [4.78, 5) is 25.8. The molecule has 2 amide bonds. The van der Waals surface area contributed by atoms with Crippen molar-refractivity contribution < 1.29 is 27.5 Å². The van der Waals surface area contributed by atoms with Gasteiger partial charge in [-0.05, 0) is 24.3 Å². The van der Waals surface area contributed by atoms with Crippen LogP contribution in [-0.4, -0.2) is 69.3 Å². The molecule has 0 aliphatic carbocycles. The predicted molar refractivity (Wildman–Crippen MR) is 109 cm³/mol. The number of hydrogen-bond acceptors (Lipinski definition) is 6. The van der Waals surface area contributed by atoms with Crippen molar-refractivity contribution in [2.75, 3.05) is 39.9 Å². The van der Waals surface area contributed by atoms with Crippen molar-refractivity contribution in [1.82, 2.24) is 9.21 Å². The van der Waals surface area contributed by atoms with Crippen molar-refractivity contribution in [2.45, 2.75) is 4.90 Å². The first-order chi connectivity index (χ1) is 14.3. The summed E-state index contributed by atoms with van der Waals surface area (Å²) >= 11 is 0. The lowest BCUT2D eigenvalue weighted by Crippen LogP contribution is -2.51. The van der Waals surface area contributed by atoms with Crippen molar-refractivity contribution in [3.05, 3.63) is 54.1 Å². The Morgan fingerprint density at radius 1 is 1.03 bits per heavy atom. The van der Waals surface area contributed by atoms with E-state index < -0.39 is 15.9 Å². The number of nitrogens with zero attached hydrogens (tertiary/aromatic N) is 2. The van der Waals surface area contributed by atoms with Gasteiger partial charge in [0.05, 0.1) is 17.6 Å². The van der Waals surface area contributed by atoms with Gasteiger partial charge < -0.3 is 20.1 Å². The summed E-state index contributed by atoms with van der Waals surface area (Å²) in [5, 5.41) is 0. The molecule has 0 spiro atoms. The minimum atomic E-state index is -3.59. The van der Waals surface area contributed by atoms with Crippen LogP contribution < -0.4 is 15.2 Å². The smallest absolute Gasteiger partial charge is 0.260 e. The van der Waals surface area contributed by atoms with Crippen LogP contribution in [0.3, 0.4) is 0 Å². The maximum atomic E-state index is 12.7. The third kappa shape index (κ3) is 4.71. The highest BCUT2D eigenvalue weighted by molar-refractivity contribution is 7.89. The molecule has 2 aromatic rings. The Morgan fingerprint density at radius 2 is 1.70 bits per heavy atom. The number of primary amides is 1. The second kappa shape index (κ2) is 9.14. The first-order valence-corrected chi connectivity index (χ1v) is 10.7. The average Bonchev–Trinajstić information content (AvgIpc) is 2.77. The van der Waals surface area contributed by atoms with E-state index in [1.165, 1.54) is 28.4 Å². The van der Waals surface area contributed by atoms with Crippen LogP contribution in [0.1, 0.15) is 10.4 Å². The third-order valence-electron chi connectivity index (χ3n) is 4.78. The monoisotopic (exact) mass is 433 g/mol. The maximum absolute atomic E-state index is 12.7. The van der Waals surface area contributed by atoms with Crippen molar-refractivity contribution in [2.24, 2.45) is 5.73 Å². The number of carbonyl (C=O) groups is 2. The van der Waals surface area contributed by atoms with Gasteiger partial charge in [0.2, 0.25) is 10.0 Å². The summed E-state index contributed by atoms with van der Waals surface area (Å²) in [5.41, 5.74) is 5.48. The molecule has 160 valence electrons. The second-order valence-electron chi connectivity index (χ2n) is 6.61. The molecule has 3 rings (SSSR count). The Bertz CT molecular complexity index is 1020. The summed E-state index contributed by atoms with van der Waals surface area (Å²) in [6.07, 6.45) is 0. The minimum absolute atomic E-state index is 0.141. The normalized spacial score (nSPS) is 14.9. The van der Waals surface area contributed by atoms with Gasteiger partial charge in [0.25, 0.3) is 11.8 Å². The number of rotatable bonds is 7. The van der Waals surface area contributed by atoms with Crippen LogP contribution in [0.25, 0.3) is 0 Å². The number of piperazine rings is 1. The molecule has 10 heteroatoms. The summed E-state index contributed by atoms with van der Waals surface area (Å²) in [7, 11) is -2.12. The zero-order chi connectivity index (χ0) is 21.7. The highest BCUT2D eigenvalue weighted by Gasteiger charge is 2.30. The molecule has 1 saturated heterocycles. The molecule has 2 aromatic carbocycles. The number of sulfonamides is 1. The van der Waals surface area contributed by atoms with E-state index in [2.05, 4.69) is 0 Å². The standard InChI is InChI=1S/C20H23N3O6S/c1-28-15-7-8-17(20(21)25)18(13-15)29-14-19(24)22-9-11-23(12-10-22)30(26,27)16-5-3-2-4-6-16/h2-8,13H,9-12,14H2,1H3,(H2,21,25). The molecule has 1 aliphatic heterocycles. The van der Waals surface area contributed by atoms with Gasteiger partial charge in [-0.1, -0.05) is 18.2 Å². The Morgan fingerprint density at radius 3 is 2.30 bits per heavy atom. The van der Waals surface area contributed by atoms with Crippen molar-refractivity contribution in [3.63, 3.8) is 0 Å². The van der Waals surface area contributed by atoms with Crippen LogP contribution in [0.5, 0.6) is 11.5 Å². The van der Waals surface area contributed by atoms with E-state index in [0.717, 1.165) is 0 Å². The van der Waals surface area contributed by atoms with E-state index in [-0.39, 0.29) is 54.9 Å². The number of benzene rings is 2.